The topological polar surface area (TPSA) is 79.9 Å². The number of rotatable bonds is 3. The number of nitrogens with zero attached hydrogens (tertiary/aromatic N) is 2. The maximum absolute atomic E-state index is 13.7. The highest BCUT2D eigenvalue weighted by molar-refractivity contribution is 5.77. The van der Waals surface area contributed by atoms with Gasteiger partial charge in [-0.1, -0.05) is 0 Å². The lowest BCUT2D eigenvalue weighted by Crippen LogP contribution is -2.29. The molecule has 1 aliphatic carbocycles. The van der Waals surface area contributed by atoms with Crippen LogP contribution in [0.15, 0.2) is 17.2 Å². The third-order valence-corrected chi connectivity index (χ3v) is 3.93. The Hall–Kier alpha value is -2.02. The second-order valence-corrected chi connectivity index (χ2v) is 5.28. The molecular formula is C14H17FN4O2. The van der Waals surface area contributed by atoms with Crippen molar-refractivity contribution < 1.29 is 9.13 Å². The van der Waals surface area contributed by atoms with E-state index in [-0.39, 0.29) is 16.9 Å². The van der Waals surface area contributed by atoms with E-state index in [1.807, 2.05) is 0 Å². The number of anilines is 1. The summed E-state index contributed by atoms with van der Waals surface area (Å²) in [6.07, 6.45) is 6.57. The zero-order valence-electron chi connectivity index (χ0n) is 11.7. The van der Waals surface area contributed by atoms with Gasteiger partial charge in [-0.05, 0) is 25.7 Å². The van der Waals surface area contributed by atoms with E-state index in [0.29, 0.717) is 12.1 Å². The maximum atomic E-state index is 13.7. The molecule has 0 atom stereocenters. The maximum Gasteiger partial charge on any atom is 0.259 e. The minimum absolute atomic E-state index is 0.0434. The third kappa shape index (κ3) is 2.87. The number of hydrogen-bond acceptors (Lipinski definition) is 5. The molecule has 0 amide bonds. The van der Waals surface area contributed by atoms with Gasteiger partial charge in [0, 0.05) is 25.5 Å². The van der Waals surface area contributed by atoms with Gasteiger partial charge in [0.2, 0.25) is 5.95 Å². The zero-order valence-corrected chi connectivity index (χ0v) is 11.7. The molecule has 2 heterocycles. The van der Waals surface area contributed by atoms with Crippen LogP contribution in [0.5, 0.6) is 0 Å². The summed E-state index contributed by atoms with van der Waals surface area (Å²) >= 11 is 0. The van der Waals surface area contributed by atoms with Crippen LogP contribution >= 0.6 is 0 Å². The van der Waals surface area contributed by atoms with Crippen molar-refractivity contribution in [3.05, 3.63) is 28.6 Å². The van der Waals surface area contributed by atoms with Crippen LogP contribution in [-0.2, 0) is 4.74 Å². The number of halogens is 1. The molecule has 1 fully saturated rings. The first-order chi connectivity index (χ1) is 10.2. The molecule has 2 aromatic heterocycles. The molecule has 1 aliphatic rings. The predicted octanol–water partition coefficient (Wildman–Crippen LogP) is 1.83. The van der Waals surface area contributed by atoms with Crippen LogP contribution in [0.3, 0.4) is 0 Å². The summed E-state index contributed by atoms with van der Waals surface area (Å²) in [5.41, 5.74) is -0.347. The van der Waals surface area contributed by atoms with E-state index in [2.05, 4.69) is 20.3 Å². The van der Waals surface area contributed by atoms with E-state index in [9.17, 15) is 9.18 Å². The van der Waals surface area contributed by atoms with Crippen LogP contribution in [0.2, 0.25) is 0 Å². The Labute approximate surface area is 120 Å². The van der Waals surface area contributed by atoms with Crippen molar-refractivity contribution in [3.8, 4) is 0 Å². The van der Waals surface area contributed by atoms with Crippen molar-refractivity contribution >= 4 is 16.9 Å². The second-order valence-electron chi connectivity index (χ2n) is 5.28. The molecule has 0 bridgehead atoms. The van der Waals surface area contributed by atoms with Crippen LogP contribution < -0.4 is 10.9 Å². The van der Waals surface area contributed by atoms with Gasteiger partial charge in [-0.3, -0.25) is 4.79 Å². The summed E-state index contributed by atoms with van der Waals surface area (Å²) in [6.45, 7) is 0. The summed E-state index contributed by atoms with van der Waals surface area (Å²) in [7, 11) is 1.73. The highest BCUT2D eigenvalue weighted by atomic mass is 19.1. The highest BCUT2D eigenvalue weighted by Crippen LogP contribution is 2.23. The van der Waals surface area contributed by atoms with Gasteiger partial charge in [-0.15, -0.1) is 0 Å². The number of aromatic amines is 1. The molecule has 2 N–H and O–H groups in total. The molecule has 0 aromatic carbocycles. The average molecular weight is 292 g/mol. The zero-order chi connectivity index (χ0) is 14.8. The number of H-pyrrole nitrogens is 1. The van der Waals surface area contributed by atoms with Crippen LogP contribution in [-0.4, -0.2) is 34.2 Å². The lowest BCUT2D eigenvalue weighted by atomic mass is 9.93. The molecule has 0 spiro atoms. The van der Waals surface area contributed by atoms with Gasteiger partial charge in [-0.2, -0.15) is 0 Å². The predicted molar refractivity (Wildman–Crippen MR) is 76.8 cm³/mol. The van der Waals surface area contributed by atoms with Gasteiger partial charge in [0.05, 0.1) is 11.5 Å². The monoisotopic (exact) mass is 292 g/mol. The first-order valence-corrected chi connectivity index (χ1v) is 7.00. The molecule has 1 saturated carbocycles. The number of fused-ring (bicyclic) bond motifs is 1. The van der Waals surface area contributed by atoms with E-state index >= 15 is 0 Å². The van der Waals surface area contributed by atoms with Gasteiger partial charge in [0.1, 0.15) is 5.52 Å². The van der Waals surface area contributed by atoms with Crippen LogP contribution in [0.1, 0.15) is 25.7 Å². The van der Waals surface area contributed by atoms with E-state index in [0.717, 1.165) is 31.9 Å². The molecule has 0 aliphatic heterocycles. The molecule has 112 valence electrons. The minimum Gasteiger partial charge on any atom is -0.381 e. The molecule has 6 nitrogen and oxygen atoms in total. The van der Waals surface area contributed by atoms with Crippen LogP contribution in [0, 0.1) is 5.82 Å². The third-order valence-electron chi connectivity index (χ3n) is 3.93. The van der Waals surface area contributed by atoms with E-state index in [1.54, 1.807) is 7.11 Å². The molecule has 2 aromatic rings. The van der Waals surface area contributed by atoms with E-state index < -0.39 is 11.4 Å². The summed E-state index contributed by atoms with van der Waals surface area (Å²) in [5.74, 6) is -0.203. The Bertz CT molecular complexity index is 695. The van der Waals surface area contributed by atoms with Crippen LogP contribution in [0.4, 0.5) is 10.3 Å². The summed E-state index contributed by atoms with van der Waals surface area (Å²) in [5, 5.41) is 3.36. The number of nitrogens with one attached hydrogen (secondary N) is 2. The molecule has 7 heteroatoms. The Morgan fingerprint density at radius 2 is 2.14 bits per heavy atom. The number of aromatic nitrogens is 3. The van der Waals surface area contributed by atoms with E-state index in [1.165, 1.54) is 6.20 Å². The lowest BCUT2D eigenvalue weighted by Gasteiger charge is -2.28. The van der Waals surface area contributed by atoms with Crippen molar-refractivity contribution in [1.29, 1.82) is 0 Å². The molecule has 0 unspecified atom stereocenters. The smallest absolute Gasteiger partial charge is 0.259 e. The molecule has 3 rings (SSSR count). The van der Waals surface area contributed by atoms with Gasteiger partial charge in [0.15, 0.2) is 5.82 Å². The minimum atomic E-state index is -0.557. The summed E-state index contributed by atoms with van der Waals surface area (Å²) in [6, 6.07) is 0.249. The Balaban J connectivity index is 1.79. The number of hydrogen-bond donors (Lipinski definition) is 2. The number of pyridine rings is 1. The Kier molecular flexibility index (Phi) is 3.83. The fourth-order valence-corrected chi connectivity index (χ4v) is 2.70. The molecule has 21 heavy (non-hydrogen) atoms. The van der Waals surface area contributed by atoms with E-state index in [4.69, 9.17) is 4.74 Å². The SMILES string of the molecule is COC1CCC(Nc2ncc3c(=O)[nH]cc(F)c3n2)CC1. The van der Waals surface area contributed by atoms with Crippen molar-refractivity contribution in [1.82, 2.24) is 15.0 Å². The quantitative estimate of drug-likeness (QED) is 0.902. The largest absolute Gasteiger partial charge is 0.381 e. The molecule has 0 saturated heterocycles. The molecule has 0 radical (unpaired) electrons. The number of ether oxygens (including phenoxy) is 1. The average Bonchev–Trinajstić information content (AvgIpc) is 2.52. The first kappa shape index (κ1) is 13.9. The highest BCUT2D eigenvalue weighted by Gasteiger charge is 2.21. The summed E-state index contributed by atoms with van der Waals surface area (Å²) in [4.78, 5) is 22.1. The fourth-order valence-electron chi connectivity index (χ4n) is 2.70. The van der Waals surface area contributed by atoms with Gasteiger partial charge < -0.3 is 15.0 Å². The van der Waals surface area contributed by atoms with Gasteiger partial charge >= 0.3 is 0 Å². The van der Waals surface area contributed by atoms with Crippen molar-refractivity contribution in [2.45, 2.75) is 37.8 Å². The van der Waals surface area contributed by atoms with Crippen molar-refractivity contribution in [2.75, 3.05) is 12.4 Å². The Morgan fingerprint density at radius 3 is 2.86 bits per heavy atom. The molecular weight excluding hydrogens is 275 g/mol. The normalized spacial score (nSPS) is 22.4. The van der Waals surface area contributed by atoms with Gasteiger partial charge in [0.25, 0.3) is 5.56 Å². The fraction of sp³-hybridized carbons (Fsp3) is 0.500. The van der Waals surface area contributed by atoms with Crippen molar-refractivity contribution in [3.63, 3.8) is 0 Å². The Morgan fingerprint density at radius 1 is 1.38 bits per heavy atom. The lowest BCUT2D eigenvalue weighted by molar-refractivity contribution is 0.0681. The number of methoxy groups -OCH3 is 1. The van der Waals surface area contributed by atoms with Gasteiger partial charge in [-0.25, -0.2) is 14.4 Å². The van der Waals surface area contributed by atoms with Crippen LogP contribution in [0.25, 0.3) is 10.9 Å². The second kappa shape index (κ2) is 5.77. The first-order valence-electron chi connectivity index (χ1n) is 7.00. The summed E-state index contributed by atoms with van der Waals surface area (Å²) < 4.78 is 19.0. The standard InChI is InChI=1S/C14H17FN4O2/c1-21-9-4-2-8(3-5-9)18-14-17-6-10-12(19-14)11(15)7-16-13(10)20/h6-9H,2-5H2,1H3,(H,16,20)(H,17,18,19). The van der Waals surface area contributed by atoms with Crippen molar-refractivity contribution in [2.24, 2.45) is 0 Å².